The van der Waals surface area contributed by atoms with Crippen LogP contribution in [0.5, 0.6) is 5.75 Å². The number of nitrogens with two attached hydrogens (primary N) is 1. The van der Waals surface area contributed by atoms with Gasteiger partial charge in [0.05, 0.1) is 11.1 Å². The van der Waals surface area contributed by atoms with Crippen molar-refractivity contribution in [2.45, 2.75) is 13.8 Å². The molecule has 0 aromatic heterocycles. The molecule has 0 aliphatic heterocycles. The minimum atomic E-state index is -1.04. The first kappa shape index (κ1) is 20.0. The van der Waals surface area contributed by atoms with Crippen molar-refractivity contribution in [3.8, 4) is 5.75 Å². The molecule has 5 N–H and O–H groups in total. The normalized spacial score (nSPS) is 9.83. The van der Waals surface area contributed by atoms with Gasteiger partial charge in [-0.3, -0.25) is 0 Å². The van der Waals surface area contributed by atoms with Gasteiger partial charge in [-0.15, -0.1) is 0 Å². The Morgan fingerprint density at radius 2 is 1.29 bits per heavy atom. The summed E-state index contributed by atoms with van der Waals surface area (Å²) in [5.41, 5.74) is 7.39. The average molecular weight is 461 g/mol. The molecule has 8 heteroatoms. The maximum absolute atomic E-state index is 10.6. The van der Waals surface area contributed by atoms with E-state index in [0.29, 0.717) is 25.8 Å². The zero-order valence-corrected chi connectivity index (χ0v) is 16.0. The summed E-state index contributed by atoms with van der Waals surface area (Å²) in [5.74, 6) is -2.01. The van der Waals surface area contributed by atoms with E-state index >= 15 is 0 Å². The van der Waals surface area contributed by atoms with Gasteiger partial charge in [0.2, 0.25) is 0 Å². The van der Waals surface area contributed by atoms with Crippen LogP contribution in [-0.2, 0) is 0 Å². The molecule has 0 spiro atoms. The molecule has 0 radical (unpaired) electrons. The molecular formula is C16H15Br2NO5. The van der Waals surface area contributed by atoms with Gasteiger partial charge in [0.1, 0.15) is 5.75 Å². The number of carboxylic acids is 2. The van der Waals surface area contributed by atoms with Crippen molar-refractivity contribution in [1.82, 2.24) is 0 Å². The lowest BCUT2D eigenvalue weighted by Gasteiger charge is -2.04. The summed E-state index contributed by atoms with van der Waals surface area (Å²) in [5, 5.41) is 26.7. The summed E-state index contributed by atoms with van der Waals surface area (Å²) >= 11 is 6.26. The van der Waals surface area contributed by atoms with Crippen LogP contribution in [-0.4, -0.2) is 27.3 Å². The second-order valence-corrected chi connectivity index (χ2v) is 6.71. The van der Waals surface area contributed by atoms with Crippen LogP contribution in [0.4, 0.5) is 5.69 Å². The first-order chi connectivity index (χ1) is 11.0. The molecule has 0 aliphatic carbocycles. The lowest BCUT2D eigenvalue weighted by Crippen LogP contribution is -2.02. The van der Waals surface area contributed by atoms with Gasteiger partial charge in [-0.1, -0.05) is 31.9 Å². The highest BCUT2D eigenvalue weighted by molar-refractivity contribution is 9.10. The fraction of sp³-hybridized carbons (Fsp3) is 0.125. The predicted molar refractivity (Wildman–Crippen MR) is 97.8 cm³/mol. The van der Waals surface area contributed by atoms with Crippen molar-refractivity contribution < 1.29 is 24.9 Å². The van der Waals surface area contributed by atoms with Gasteiger partial charge in [-0.25, -0.2) is 9.59 Å². The van der Waals surface area contributed by atoms with Crippen LogP contribution in [0.15, 0.2) is 33.2 Å². The molecule has 128 valence electrons. The van der Waals surface area contributed by atoms with Crippen molar-refractivity contribution >= 4 is 49.5 Å². The number of carbonyl (C=O) groups is 2. The van der Waals surface area contributed by atoms with Gasteiger partial charge in [0, 0.05) is 20.2 Å². The summed E-state index contributed by atoms with van der Waals surface area (Å²) in [6.07, 6.45) is 0. The van der Waals surface area contributed by atoms with Crippen LogP contribution in [0.2, 0.25) is 0 Å². The monoisotopic (exact) mass is 459 g/mol. The zero-order valence-electron chi connectivity index (χ0n) is 12.8. The molecule has 24 heavy (non-hydrogen) atoms. The van der Waals surface area contributed by atoms with Crippen LogP contribution >= 0.6 is 31.9 Å². The number of anilines is 1. The third-order valence-electron chi connectivity index (χ3n) is 3.22. The van der Waals surface area contributed by atoms with Crippen LogP contribution in [0.3, 0.4) is 0 Å². The summed E-state index contributed by atoms with van der Waals surface area (Å²) < 4.78 is 1.24. The molecule has 6 nitrogen and oxygen atoms in total. The number of phenols is 1. The van der Waals surface area contributed by atoms with E-state index in [1.54, 1.807) is 19.9 Å². The Hall–Kier alpha value is -2.06. The number of aromatic carboxylic acids is 2. The summed E-state index contributed by atoms with van der Waals surface area (Å²) in [4.78, 5) is 21.2. The number of aromatic hydroxyl groups is 1. The van der Waals surface area contributed by atoms with Crippen molar-refractivity contribution in [3.63, 3.8) is 0 Å². The van der Waals surface area contributed by atoms with E-state index in [2.05, 4.69) is 31.9 Å². The fourth-order valence-electron chi connectivity index (χ4n) is 1.81. The number of carboxylic acid groups (broad SMARTS) is 2. The lowest BCUT2D eigenvalue weighted by atomic mass is 10.1. The van der Waals surface area contributed by atoms with Crippen LogP contribution < -0.4 is 5.73 Å². The van der Waals surface area contributed by atoms with Crippen LogP contribution in [0.25, 0.3) is 0 Å². The van der Waals surface area contributed by atoms with E-state index in [9.17, 15) is 14.7 Å². The number of phenolic OH excluding ortho intramolecular Hbond substituents is 1. The van der Waals surface area contributed by atoms with Crippen molar-refractivity contribution in [1.29, 1.82) is 0 Å². The smallest absolute Gasteiger partial charge is 0.336 e. The van der Waals surface area contributed by atoms with Gasteiger partial charge >= 0.3 is 11.9 Å². The SMILES string of the molecule is Cc1c(N)cc(Br)cc1C(=O)O.Cc1c(O)cc(Br)cc1C(=O)O. The third kappa shape index (κ3) is 4.97. The highest BCUT2D eigenvalue weighted by Crippen LogP contribution is 2.25. The van der Waals surface area contributed by atoms with E-state index < -0.39 is 11.9 Å². The topological polar surface area (TPSA) is 121 Å². The highest BCUT2D eigenvalue weighted by atomic mass is 79.9. The molecular weight excluding hydrogens is 446 g/mol. The summed E-state index contributed by atoms with van der Waals surface area (Å²) in [6, 6.07) is 6.13. The summed E-state index contributed by atoms with van der Waals surface area (Å²) in [6.45, 7) is 3.25. The fourth-order valence-corrected chi connectivity index (χ4v) is 2.73. The van der Waals surface area contributed by atoms with E-state index in [-0.39, 0.29) is 16.9 Å². The van der Waals surface area contributed by atoms with Gasteiger partial charge in [-0.2, -0.15) is 0 Å². The number of rotatable bonds is 2. The number of benzene rings is 2. The van der Waals surface area contributed by atoms with Crippen LogP contribution in [0, 0.1) is 13.8 Å². The maximum Gasteiger partial charge on any atom is 0.336 e. The highest BCUT2D eigenvalue weighted by Gasteiger charge is 2.11. The Morgan fingerprint density at radius 3 is 1.75 bits per heavy atom. The first-order valence-electron chi connectivity index (χ1n) is 6.56. The Balaban J connectivity index is 0.000000240. The minimum Gasteiger partial charge on any atom is -0.508 e. The molecule has 0 saturated heterocycles. The maximum atomic E-state index is 10.6. The molecule has 2 aromatic rings. The quantitative estimate of drug-likeness (QED) is 0.498. The van der Waals surface area contributed by atoms with Crippen molar-refractivity contribution in [3.05, 3.63) is 55.5 Å². The molecule has 0 unspecified atom stereocenters. The molecule has 0 aliphatic rings. The van der Waals surface area contributed by atoms with Crippen molar-refractivity contribution in [2.24, 2.45) is 0 Å². The second-order valence-electron chi connectivity index (χ2n) is 4.88. The number of halogens is 2. The standard InChI is InChI=1S/C8H8BrNO2.C8H7BrO3/c2*1-4-6(8(11)12)2-5(9)3-7(4)10/h2-3H,10H2,1H3,(H,11,12);2-3,10H,1H3,(H,11,12). The Kier molecular flexibility index (Phi) is 6.80. The Labute approximate surface area is 155 Å². The molecule has 0 fully saturated rings. The minimum absolute atomic E-state index is 0.0122. The molecule has 0 amide bonds. The first-order valence-corrected chi connectivity index (χ1v) is 8.14. The second kappa shape index (κ2) is 8.16. The van der Waals surface area contributed by atoms with Gasteiger partial charge in [0.25, 0.3) is 0 Å². The van der Waals surface area contributed by atoms with Gasteiger partial charge in [0.15, 0.2) is 0 Å². The molecule has 0 saturated carbocycles. The van der Waals surface area contributed by atoms with Gasteiger partial charge < -0.3 is 21.1 Å². The molecule has 2 rings (SSSR count). The Morgan fingerprint density at radius 1 is 0.875 bits per heavy atom. The largest absolute Gasteiger partial charge is 0.508 e. The van der Waals surface area contributed by atoms with Gasteiger partial charge in [-0.05, 0) is 43.7 Å². The number of nitrogen functional groups attached to an aromatic ring is 1. The summed E-state index contributed by atoms with van der Waals surface area (Å²) in [7, 11) is 0. The lowest BCUT2D eigenvalue weighted by molar-refractivity contribution is 0.0685. The Bertz CT molecular complexity index is 738. The average Bonchev–Trinajstić information content (AvgIpc) is 2.46. The molecule has 0 bridgehead atoms. The number of hydrogen-bond donors (Lipinski definition) is 4. The van der Waals surface area contributed by atoms with E-state index in [1.807, 2.05) is 0 Å². The molecule has 0 heterocycles. The van der Waals surface area contributed by atoms with E-state index in [0.717, 1.165) is 0 Å². The van der Waals surface area contributed by atoms with Crippen molar-refractivity contribution in [2.75, 3.05) is 5.73 Å². The third-order valence-corrected chi connectivity index (χ3v) is 4.13. The van der Waals surface area contributed by atoms with E-state index in [1.165, 1.54) is 18.2 Å². The number of hydrogen-bond acceptors (Lipinski definition) is 4. The zero-order chi connectivity index (χ0) is 18.6. The van der Waals surface area contributed by atoms with E-state index in [4.69, 9.17) is 15.9 Å². The predicted octanol–water partition coefficient (Wildman–Crippen LogP) is 4.20. The molecule has 2 aromatic carbocycles. The molecule has 0 atom stereocenters. The van der Waals surface area contributed by atoms with Crippen LogP contribution in [0.1, 0.15) is 31.8 Å².